The number of benzene rings is 1. The lowest BCUT2D eigenvalue weighted by atomic mass is 10.1. The number of ether oxygens (including phenoxy) is 1. The number of anilines is 2. The van der Waals surface area contributed by atoms with Crippen molar-refractivity contribution in [2.45, 2.75) is 6.54 Å². The Bertz CT molecular complexity index is 1020. The van der Waals surface area contributed by atoms with E-state index in [2.05, 4.69) is 15.6 Å². The zero-order valence-electron chi connectivity index (χ0n) is 16.8. The summed E-state index contributed by atoms with van der Waals surface area (Å²) in [7, 11) is 1.21. The molecule has 1 aliphatic rings. The molecule has 0 spiro atoms. The van der Waals surface area contributed by atoms with Gasteiger partial charge in [0.25, 0.3) is 5.91 Å². The number of amides is 1. The Morgan fingerprint density at radius 2 is 2.06 bits per heavy atom. The van der Waals surface area contributed by atoms with Crippen LogP contribution in [0.15, 0.2) is 54.0 Å². The maximum absolute atomic E-state index is 12.8. The van der Waals surface area contributed by atoms with Gasteiger partial charge in [0, 0.05) is 25.5 Å². The van der Waals surface area contributed by atoms with E-state index in [-0.39, 0.29) is 36.5 Å². The highest BCUT2D eigenvalue weighted by molar-refractivity contribution is 6.09. The molecule has 1 aromatic carbocycles. The molecule has 3 rings (SSSR count). The first-order valence-corrected chi connectivity index (χ1v) is 9.43. The summed E-state index contributed by atoms with van der Waals surface area (Å²) in [5.41, 5.74) is 1.81. The van der Waals surface area contributed by atoms with Crippen LogP contribution in [-0.4, -0.2) is 64.7 Å². The molecule has 1 aliphatic heterocycles. The predicted octanol–water partition coefficient (Wildman–Crippen LogP) is 1.07. The van der Waals surface area contributed by atoms with Gasteiger partial charge in [0.1, 0.15) is 5.70 Å². The Labute approximate surface area is 178 Å². The number of carbonyl (C=O) groups excluding carboxylic acids is 2. The van der Waals surface area contributed by atoms with Crippen LogP contribution in [0.5, 0.6) is 0 Å². The topological polar surface area (TPSA) is 141 Å². The van der Waals surface area contributed by atoms with Crippen LogP contribution in [0.1, 0.15) is 15.9 Å². The van der Waals surface area contributed by atoms with Gasteiger partial charge in [-0.15, -0.1) is 0 Å². The SMILES string of the molecule is COC(=O)C1=C(Nc2cc(C(=O)O)ccc2NCc2cccnc2)C(=O)N(CCO)C1. The van der Waals surface area contributed by atoms with Crippen molar-refractivity contribution in [2.24, 2.45) is 0 Å². The second-order valence-electron chi connectivity index (χ2n) is 6.70. The van der Waals surface area contributed by atoms with Gasteiger partial charge in [-0.1, -0.05) is 6.07 Å². The van der Waals surface area contributed by atoms with Gasteiger partial charge in [-0.25, -0.2) is 9.59 Å². The minimum atomic E-state index is -1.14. The fourth-order valence-electron chi connectivity index (χ4n) is 3.12. The number of esters is 1. The van der Waals surface area contributed by atoms with Crippen LogP contribution < -0.4 is 10.6 Å². The molecule has 0 bridgehead atoms. The number of aliphatic hydroxyl groups is 1. The Morgan fingerprint density at radius 1 is 1.26 bits per heavy atom. The first kappa shape index (κ1) is 21.8. The summed E-state index contributed by atoms with van der Waals surface area (Å²) in [6.07, 6.45) is 3.35. The number of nitrogens with one attached hydrogen (secondary N) is 2. The Morgan fingerprint density at radius 3 is 2.71 bits per heavy atom. The van der Waals surface area contributed by atoms with Crippen molar-refractivity contribution in [1.29, 1.82) is 0 Å². The second-order valence-corrected chi connectivity index (χ2v) is 6.70. The molecule has 0 aliphatic carbocycles. The number of pyridine rings is 1. The fourth-order valence-corrected chi connectivity index (χ4v) is 3.12. The predicted molar refractivity (Wildman–Crippen MR) is 111 cm³/mol. The molecule has 0 radical (unpaired) electrons. The Kier molecular flexibility index (Phi) is 6.83. The third-order valence-corrected chi connectivity index (χ3v) is 4.69. The summed E-state index contributed by atoms with van der Waals surface area (Å²) in [6, 6.07) is 8.06. The molecular formula is C21H22N4O6. The molecule has 0 saturated carbocycles. The molecule has 0 atom stereocenters. The first-order chi connectivity index (χ1) is 14.9. The number of carboxylic acid groups (broad SMARTS) is 1. The quantitative estimate of drug-likeness (QED) is 0.433. The van der Waals surface area contributed by atoms with Crippen LogP contribution in [0.2, 0.25) is 0 Å². The molecule has 10 heteroatoms. The summed E-state index contributed by atoms with van der Waals surface area (Å²) in [6.45, 7) is 0.166. The van der Waals surface area contributed by atoms with Crippen LogP contribution in [0.3, 0.4) is 0 Å². The first-order valence-electron chi connectivity index (χ1n) is 9.43. The number of carbonyl (C=O) groups is 3. The molecule has 0 fully saturated rings. The molecular weight excluding hydrogens is 404 g/mol. The molecule has 0 saturated heterocycles. The standard InChI is InChI=1S/C21H22N4O6/c1-31-21(30)15-12-25(7-8-26)19(27)18(15)24-17-9-14(20(28)29)4-5-16(17)23-11-13-3-2-6-22-10-13/h2-6,9-10,23-24,26H,7-8,11-12H2,1H3,(H,28,29). The maximum atomic E-state index is 12.8. The number of aliphatic hydroxyl groups excluding tert-OH is 1. The van der Waals surface area contributed by atoms with E-state index >= 15 is 0 Å². The van der Waals surface area contributed by atoms with Crippen LogP contribution >= 0.6 is 0 Å². The van der Waals surface area contributed by atoms with E-state index in [1.54, 1.807) is 24.5 Å². The average molecular weight is 426 g/mol. The van der Waals surface area contributed by atoms with Crippen molar-refractivity contribution in [3.05, 3.63) is 65.1 Å². The highest BCUT2D eigenvalue weighted by atomic mass is 16.5. The zero-order valence-corrected chi connectivity index (χ0v) is 16.8. The van der Waals surface area contributed by atoms with Crippen LogP contribution in [0, 0.1) is 0 Å². The van der Waals surface area contributed by atoms with Crippen molar-refractivity contribution in [2.75, 3.05) is 37.4 Å². The van der Waals surface area contributed by atoms with E-state index in [0.717, 1.165) is 5.56 Å². The largest absolute Gasteiger partial charge is 0.478 e. The van der Waals surface area contributed by atoms with E-state index in [1.807, 2.05) is 6.07 Å². The highest BCUT2D eigenvalue weighted by Crippen LogP contribution is 2.29. The number of β-amino-alcohol motifs (C(OH)–C–C–N with tert-alkyl or cyclic N) is 1. The zero-order chi connectivity index (χ0) is 22.4. The number of aromatic carboxylic acids is 1. The normalized spacial score (nSPS) is 13.4. The lowest BCUT2D eigenvalue weighted by Crippen LogP contribution is -2.31. The number of carboxylic acids is 1. The minimum Gasteiger partial charge on any atom is -0.478 e. The van der Waals surface area contributed by atoms with Crippen molar-refractivity contribution in [1.82, 2.24) is 9.88 Å². The van der Waals surface area contributed by atoms with E-state index in [9.17, 15) is 24.6 Å². The Balaban J connectivity index is 1.94. The molecule has 162 valence electrons. The monoisotopic (exact) mass is 426 g/mol. The van der Waals surface area contributed by atoms with E-state index in [0.29, 0.717) is 17.9 Å². The van der Waals surface area contributed by atoms with Crippen molar-refractivity contribution in [3.8, 4) is 0 Å². The van der Waals surface area contributed by atoms with Gasteiger partial charge in [-0.2, -0.15) is 0 Å². The highest BCUT2D eigenvalue weighted by Gasteiger charge is 2.34. The van der Waals surface area contributed by atoms with Crippen molar-refractivity contribution in [3.63, 3.8) is 0 Å². The molecule has 1 amide bonds. The van der Waals surface area contributed by atoms with Crippen LogP contribution in [-0.2, 0) is 20.9 Å². The van der Waals surface area contributed by atoms with E-state index < -0.39 is 17.8 Å². The van der Waals surface area contributed by atoms with Gasteiger partial charge in [0.05, 0.1) is 42.8 Å². The molecule has 0 unspecified atom stereocenters. The number of nitrogens with zero attached hydrogens (tertiary/aromatic N) is 2. The second kappa shape index (κ2) is 9.72. The van der Waals surface area contributed by atoms with Gasteiger partial charge in [-0.05, 0) is 29.8 Å². The third kappa shape index (κ3) is 4.98. The van der Waals surface area contributed by atoms with Gasteiger partial charge in [-0.3, -0.25) is 9.78 Å². The smallest absolute Gasteiger partial charge is 0.337 e. The summed E-state index contributed by atoms with van der Waals surface area (Å²) in [4.78, 5) is 41.8. The molecule has 2 aromatic rings. The molecule has 4 N–H and O–H groups in total. The van der Waals surface area contributed by atoms with Crippen LogP contribution in [0.25, 0.3) is 0 Å². The summed E-state index contributed by atoms with van der Waals surface area (Å²) >= 11 is 0. The lowest BCUT2D eigenvalue weighted by Gasteiger charge is -2.17. The molecule has 2 heterocycles. The number of hydrogen-bond acceptors (Lipinski definition) is 8. The van der Waals surface area contributed by atoms with Gasteiger partial charge < -0.3 is 30.5 Å². The average Bonchev–Trinajstić information content (AvgIpc) is 3.08. The van der Waals surface area contributed by atoms with Gasteiger partial charge in [0.15, 0.2) is 0 Å². The van der Waals surface area contributed by atoms with Gasteiger partial charge in [0.2, 0.25) is 0 Å². The number of methoxy groups -OCH3 is 1. The molecule has 1 aromatic heterocycles. The van der Waals surface area contributed by atoms with E-state index in [1.165, 1.54) is 24.1 Å². The summed E-state index contributed by atoms with van der Waals surface area (Å²) < 4.78 is 4.78. The summed E-state index contributed by atoms with van der Waals surface area (Å²) in [5.74, 6) is -2.31. The maximum Gasteiger partial charge on any atom is 0.337 e. The van der Waals surface area contributed by atoms with Crippen molar-refractivity contribution >= 4 is 29.2 Å². The number of hydrogen-bond donors (Lipinski definition) is 4. The van der Waals surface area contributed by atoms with Gasteiger partial charge >= 0.3 is 11.9 Å². The number of rotatable bonds is 9. The fraction of sp³-hybridized carbons (Fsp3) is 0.238. The number of aromatic nitrogens is 1. The third-order valence-electron chi connectivity index (χ3n) is 4.69. The minimum absolute atomic E-state index is 0.00676. The van der Waals surface area contributed by atoms with Crippen LogP contribution in [0.4, 0.5) is 11.4 Å². The lowest BCUT2D eigenvalue weighted by molar-refractivity contribution is -0.136. The van der Waals surface area contributed by atoms with Crippen molar-refractivity contribution < 1.29 is 29.3 Å². The Hall–Kier alpha value is -3.92. The molecule has 10 nitrogen and oxygen atoms in total. The van der Waals surface area contributed by atoms with E-state index in [4.69, 9.17) is 4.74 Å². The summed E-state index contributed by atoms with van der Waals surface area (Å²) in [5, 5.41) is 24.6. The molecule has 31 heavy (non-hydrogen) atoms.